The van der Waals surface area contributed by atoms with E-state index in [1.807, 2.05) is 24.3 Å². The molecule has 0 unspecified atom stereocenters. The SMILES string of the molecule is COc1ccc([C@H](CNC(=O)c2cccc3c2O[C@@H](C)[C@@H]3C)N2CCCC2)cc1. The van der Waals surface area contributed by atoms with Crippen molar-refractivity contribution in [2.24, 2.45) is 0 Å². The number of nitrogens with zero attached hydrogens (tertiary/aromatic N) is 1. The highest BCUT2D eigenvalue weighted by atomic mass is 16.5. The molecule has 1 saturated heterocycles. The van der Waals surface area contributed by atoms with Crippen LogP contribution in [0.15, 0.2) is 42.5 Å². The van der Waals surface area contributed by atoms with Crippen LogP contribution in [0.5, 0.6) is 11.5 Å². The summed E-state index contributed by atoms with van der Waals surface area (Å²) < 4.78 is 11.3. The number of hydrogen-bond donors (Lipinski definition) is 1. The minimum absolute atomic E-state index is 0.0686. The van der Waals surface area contributed by atoms with Crippen LogP contribution in [0.25, 0.3) is 0 Å². The second-order valence-electron chi connectivity index (χ2n) is 8.08. The van der Waals surface area contributed by atoms with E-state index >= 15 is 0 Å². The van der Waals surface area contributed by atoms with Crippen molar-refractivity contribution in [2.75, 3.05) is 26.7 Å². The summed E-state index contributed by atoms with van der Waals surface area (Å²) >= 11 is 0. The van der Waals surface area contributed by atoms with Gasteiger partial charge in [-0.3, -0.25) is 9.69 Å². The van der Waals surface area contributed by atoms with Crippen LogP contribution in [0.4, 0.5) is 0 Å². The van der Waals surface area contributed by atoms with Gasteiger partial charge in [0.15, 0.2) is 0 Å². The monoisotopic (exact) mass is 394 g/mol. The Balaban J connectivity index is 1.51. The van der Waals surface area contributed by atoms with Gasteiger partial charge in [-0.25, -0.2) is 0 Å². The van der Waals surface area contributed by atoms with E-state index in [0.29, 0.717) is 18.0 Å². The van der Waals surface area contributed by atoms with Gasteiger partial charge in [0.05, 0.1) is 18.7 Å². The predicted octanol–water partition coefficient (Wildman–Crippen LogP) is 4.15. The first-order valence-electron chi connectivity index (χ1n) is 10.5. The van der Waals surface area contributed by atoms with Crippen LogP contribution in [-0.4, -0.2) is 43.7 Å². The largest absolute Gasteiger partial charge is 0.497 e. The first-order valence-corrected chi connectivity index (χ1v) is 10.5. The fraction of sp³-hybridized carbons (Fsp3) is 0.458. The fourth-order valence-corrected chi connectivity index (χ4v) is 4.39. The molecule has 2 aromatic carbocycles. The summed E-state index contributed by atoms with van der Waals surface area (Å²) in [5.74, 6) is 1.82. The maximum absolute atomic E-state index is 13.0. The van der Waals surface area contributed by atoms with Gasteiger partial charge in [-0.15, -0.1) is 0 Å². The van der Waals surface area contributed by atoms with Gasteiger partial charge < -0.3 is 14.8 Å². The third kappa shape index (κ3) is 3.97. The summed E-state index contributed by atoms with van der Waals surface area (Å²) in [7, 11) is 1.68. The molecular weight excluding hydrogens is 364 g/mol. The van der Waals surface area contributed by atoms with Crippen LogP contribution >= 0.6 is 0 Å². The summed E-state index contributed by atoms with van der Waals surface area (Å²) in [4.78, 5) is 15.5. The van der Waals surface area contributed by atoms with E-state index in [9.17, 15) is 4.79 Å². The van der Waals surface area contributed by atoms with Crippen LogP contribution in [-0.2, 0) is 0 Å². The first-order chi connectivity index (χ1) is 14.1. The van der Waals surface area contributed by atoms with Crippen molar-refractivity contribution >= 4 is 5.91 Å². The Bertz CT molecular complexity index is 859. The van der Waals surface area contributed by atoms with Crippen molar-refractivity contribution in [2.45, 2.75) is 44.8 Å². The molecule has 0 bridgehead atoms. The molecule has 2 aliphatic rings. The number of fused-ring (bicyclic) bond motifs is 1. The van der Waals surface area contributed by atoms with Crippen molar-refractivity contribution in [1.29, 1.82) is 0 Å². The fourth-order valence-electron chi connectivity index (χ4n) is 4.39. The number of amides is 1. The molecular formula is C24H30N2O3. The van der Waals surface area contributed by atoms with Crippen molar-refractivity contribution in [3.63, 3.8) is 0 Å². The maximum atomic E-state index is 13.0. The van der Waals surface area contributed by atoms with Crippen molar-refractivity contribution in [1.82, 2.24) is 10.2 Å². The highest BCUT2D eigenvalue weighted by molar-refractivity contribution is 5.97. The normalized spacial score (nSPS) is 22.0. The third-order valence-corrected chi connectivity index (χ3v) is 6.33. The summed E-state index contributed by atoms with van der Waals surface area (Å²) in [6, 6.07) is 14.2. The predicted molar refractivity (Wildman–Crippen MR) is 114 cm³/mol. The molecule has 0 radical (unpaired) electrons. The number of nitrogens with one attached hydrogen (secondary N) is 1. The van der Waals surface area contributed by atoms with Crippen LogP contribution in [0.1, 0.15) is 60.1 Å². The van der Waals surface area contributed by atoms with Crippen molar-refractivity contribution < 1.29 is 14.3 Å². The van der Waals surface area contributed by atoms with Gasteiger partial charge in [-0.2, -0.15) is 0 Å². The maximum Gasteiger partial charge on any atom is 0.255 e. The number of rotatable bonds is 6. The molecule has 3 atom stereocenters. The Labute approximate surface area is 173 Å². The average molecular weight is 395 g/mol. The summed E-state index contributed by atoms with van der Waals surface area (Å²) in [5.41, 5.74) is 2.95. The topological polar surface area (TPSA) is 50.8 Å². The van der Waals surface area contributed by atoms with E-state index in [-0.39, 0.29) is 18.1 Å². The lowest BCUT2D eigenvalue weighted by atomic mass is 9.96. The summed E-state index contributed by atoms with van der Waals surface area (Å²) in [6.07, 6.45) is 2.50. The molecule has 0 saturated carbocycles. The second kappa shape index (κ2) is 8.46. The molecule has 0 spiro atoms. The Morgan fingerprint density at radius 2 is 1.90 bits per heavy atom. The van der Waals surface area contributed by atoms with E-state index in [0.717, 1.165) is 30.2 Å². The second-order valence-corrected chi connectivity index (χ2v) is 8.08. The number of para-hydroxylation sites is 1. The lowest BCUT2D eigenvalue weighted by Gasteiger charge is -2.28. The highest BCUT2D eigenvalue weighted by Crippen LogP contribution is 2.40. The van der Waals surface area contributed by atoms with Gasteiger partial charge in [0.1, 0.15) is 17.6 Å². The van der Waals surface area contributed by atoms with E-state index < -0.39 is 0 Å². The highest BCUT2D eigenvalue weighted by Gasteiger charge is 2.31. The third-order valence-electron chi connectivity index (χ3n) is 6.33. The zero-order chi connectivity index (χ0) is 20.4. The number of likely N-dealkylation sites (tertiary alicyclic amines) is 1. The van der Waals surface area contributed by atoms with Crippen molar-refractivity contribution in [3.8, 4) is 11.5 Å². The number of hydrogen-bond acceptors (Lipinski definition) is 4. The molecule has 29 heavy (non-hydrogen) atoms. The minimum Gasteiger partial charge on any atom is -0.497 e. The standard InChI is InChI=1S/C24H30N2O3/c1-16-17(2)29-23-20(16)7-6-8-21(23)24(27)25-15-22(26-13-4-5-14-26)18-9-11-19(28-3)12-10-18/h6-12,16-17,22H,4-5,13-15H2,1-3H3,(H,25,27)/t16-,17-,22-/m0/s1. The first kappa shape index (κ1) is 19.8. The van der Waals surface area contributed by atoms with Crippen LogP contribution in [0.3, 0.4) is 0 Å². The lowest BCUT2D eigenvalue weighted by molar-refractivity contribution is 0.0933. The molecule has 2 aliphatic heterocycles. The van der Waals surface area contributed by atoms with Gasteiger partial charge in [0.25, 0.3) is 5.91 Å². The van der Waals surface area contributed by atoms with Crippen LogP contribution in [0.2, 0.25) is 0 Å². The summed E-state index contributed by atoms with van der Waals surface area (Å²) in [5, 5.41) is 3.17. The molecule has 1 N–H and O–H groups in total. The zero-order valence-electron chi connectivity index (χ0n) is 17.5. The van der Waals surface area contributed by atoms with Crippen LogP contribution in [0, 0.1) is 0 Å². The Morgan fingerprint density at radius 1 is 1.17 bits per heavy atom. The number of benzene rings is 2. The molecule has 4 rings (SSSR count). The van der Waals surface area contributed by atoms with Crippen LogP contribution < -0.4 is 14.8 Å². The van der Waals surface area contributed by atoms with Gasteiger partial charge >= 0.3 is 0 Å². The Hall–Kier alpha value is -2.53. The minimum atomic E-state index is -0.0686. The Morgan fingerprint density at radius 3 is 2.59 bits per heavy atom. The van der Waals surface area contributed by atoms with E-state index in [1.54, 1.807) is 7.11 Å². The van der Waals surface area contributed by atoms with Gasteiger partial charge in [-0.05, 0) is 56.6 Å². The van der Waals surface area contributed by atoms with E-state index in [1.165, 1.54) is 18.4 Å². The number of carbonyl (C=O) groups is 1. The summed E-state index contributed by atoms with van der Waals surface area (Å²) in [6.45, 7) is 6.89. The molecule has 2 heterocycles. The number of carbonyl (C=O) groups excluding carboxylic acids is 1. The number of ether oxygens (including phenoxy) is 2. The lowest BCUT2D eigenvalue weighted by Crippen LogP contribution is -2.36. The van der Waals surface area contributed by atoms with Gasteiger partial charge in [-0.1, -0.05) is 31.2 Å². The smallest absolute Gasteiger partial charge is 0.255 e. The quantitative estimate of drug-likeness (QED) is 0.800. The van der Waals surface area contributed by atoms with Crippen molar-refractivity contribution in [3.05, 3.63) is 59.2 Å². The van der Waals surface area contributed by atoms with E-state index in [2.05, 4.69) is 42.3 Å². The Kier molecular flexibility index (Phi) is 5.76. The van der Waals surface area contributed by atoms with Gasteiger partial charge in [0.2, 0.25) is 0 Å². The molecule has 1 amide bonds. The zero-order valence-corrected chi connectivity index (χ0v) is 17.5. The average Bonchev–Trinajstić information content (AvgIpc) is 3.37. The van der Waals surface area contributed by atoms with Gasteiger partial charge in [0, 0.05) is 18.0 Å². The molecule has 5 nitrogen and oxygen atoms in total. The molecule has 1 fully saturated rings. The molecule has 5 heteroatoms. The molecule has 0 aromatic heterocycles. The molecule has 154 valence electrons. The molecule has 2 aromatic rings. The number of methoxy groups -OCH3 is 1. The van der Waals surface area contributed by atoms with E-state index in [4.69, 9.17) is 9.47 Å². The molecule has 0 aliphatic carbocycles.